The number of thiophene rings is 1. The molecule has 2 atom stereocenters. The van der Waals surface area contributed by atoms with E-state index in [0.29, 0.717) is 9.46 Å². The summed E-state index contributed by atoms with van der Waals surface area (Å²) < 4.78 is 28.2. The van der Waals surface area contributed by atoms with E-state index in [-0.39, 0.29) is 6.04 Å². The molecule has 2 rings (SSSR count). The molecule has 0 saturated heterocycles. The lowest BCUT2D eigenvalue weighted by Gasteiger charge is -2.28. The molecule has 1 fully saturated rings. The zero-order valence-electron chi connectivity index (χ0n) is 12.6. The van der Waals surface area contributed by atoms with Crippen molar-refractivity contribution < 1.29 is 8.42 Å². The maximum Gasteiger partial charge on any atom is 0.250 e. The molecular weight excluding hydrogens is 324 g/mol. The number of rotatable bonds is 7. The molecule has 1 aromatic heterocycles. The Labute approximate surface area is 136 Å². The van der Waals surface area contributed by atoms with Gasteiger partial charge in [-0.05, 0) is 44.2 Å². The average molecular weight is 349 g/mol. The fourth-order valence-corrected chi connectivity index (χ4v) is 6.04. The van der Waals surface area contributed by atoms with Crippen LogP contribution in [0.15, 0.2) is 16.3 Å². The Morgan fingerprint density at radius 3 is 2.90 bits per heavy atom. The van der Waals surface area contributed by atoms with Gasteiger partial charge in [-0.2, -0.15) is 11.8 Å². The standard InChI is InChI=1S/C14H24N2O2S3/c1-3-15-10-13-7-8-14(20-13)21(17,18)16-11-5-4-6-12(9-11)19-2/h7-8,11-12,15-16H,3-6,9-10H2,1-2H3. The average Bonchev–Trinajstić information content (AvgIpc) is 2.94. The van der Waals surface area contributed by atoms with Crippen LogP contribution in [-0.4, -0.2) is 32.5 Å². The molecule has 0 amide bonds. The van der Waals surface area contributed by atoms with Crippen molar-refractivity contribution in [2.24, 2.45) is 0 Å². The van der Waals surface area contributed by atoms with Gasteiger partial charge in [0.2, 0.25) is 10.0 Å². The summed E-state index contributed by atoms with van der Waals surface area (Å²) >= 11 is 3.20. The number of sulfonamides is 1. The normalized spacial score (nSPS) is 23.3. The lowest BCUT2D eigenvalue weighted by molar-refractivity contribution is 0.421. The van der Waals surface area contributed by atoms with Crippen LogP contribution in [0.3, 0.4) is 0 Å². The number of thioether (sulfide) groups is 1. The molecular formula is C14H24N2O2S3. The third-order valence-electron chi connectivity index (χ3n) is 3.73. The van der Waals surface area contributed by atoms with Gasteiger partial charge in [0.15, 0.2) is 0 Å². The van der Waals surface area contributed by atoms with Gasteiger partial charge in [0.25, 0.3) is 0 Å². The molecule has 0 aliphatic heterocycles. The van der Waals surface area contributed by atoms with Crippen molar-refractivity contribution in [1.82, 2.24) is 10.0 Å². The summed E-state index contributed by atoms with van der Waals surface area (Å²) in [5.74, 6) is 0. The molecule has 0 spiro atoms. The Kier molecular flexibility index (Phi) is 6.55. The zero-order chi connectivity index (χ0) is 15.3. The minimum absolute atomic E-state index is 0.0838. The van der Waals surface area contributed by atoms with Crippen LogP contribution in [-0.2, 0) is 16.6 Å². The Balaban J connectivity index is 1.99. The topological polar surface area (TPSA) is 58.2 Å². The van der Waals surface area contributed by atoms with E-state index < -0.39 is 10.0 Å². The second-order valence-corrected chi connectivity index (χ2v) is 9.59. The monoisotopic (exact) mass is 348 g/mol. The molecule has 21 heavy (non-hydrogen) atoms. The van der Waals surface area contributed by atoms with E-state index in [0.717, 1.165) is 37.2 Å². The van der Waals surface area contributed by atoms with Crippen LogP contribution >= 0.6 is 23.1 Å². The highest BCUT2D eigenvalue weighted by Gasteiger charge is 2.26. The summed E-state index contributed by atoms with van der Waals surface area (Å²) in [5.41, 5.74) is 0. The van der Waals surface area contributed by atoms with E-state index in [2.05, 4.69) is 16.3 Å². The van der Waals surface area contributed by atoms with Crippen LogP contribution in [0.4, 0.5) is 0 Å². The summed E-state index contributed by atoms with van der Waals surface area (Å²) in [6.45, 7) is 3.66. The van der Waals surface area contributed by atoms with Crippen molar-refractivity contribution in [3.63, 3.8) is 0 Å². The van der Waals surface area contributed by atoms with Crippen LogP contribution in [0.2, 0.25) is 0 Å². The molecule has 120 valence electrons. The van der Waals surface area contributed by atoms with Crippen LogP contribution in [0, 0.1) is 0 Å². The van der Waals surface area contributed by atoms with Gasteiger partial charge in [0, 0.05) is 22.7 Å². The third-order valence-corrected chi connectivity index (χ3v) is 7.92. The van der Waals surface area contributed by atoms with Gasteiger partial charge >= 0.3 is 0 Å². The van der Waals surface area contributed by atoms with Gasteiger partial charge in [0.05, 0.1) is 0 Å². The first-order valence-corrected chi connectivity index (χ1v) is 11.0. The lowest BCUT2D eigenvalue weighted by Crippen LogP contribution is -2.38. The molecule has 1 saturated carbocycles. The number of hydrogen-bond acceptors (Lipinski definition) is 5. The molecule has 0 radical (unpaired) electrons. The summed E-state index contributed by atoms with van der Waals surface area (Å²) in [6.07, 6.45) is 6.30. The molecule has 0 bridgehead atoms. The third kappa shape index (κ3) is 4.96. The van der Waals surface area contributed by atoms with E-state index in [1.54, 1.807) is 6.07 Å². The molecule has 1 aliphatic carbocycles. The highest BCUT2D eigenvalue weighted by Crippen LogP contribution is 2.29. The summed E-state index contributed by atoms with van der Waals surface area (Å²) in [7, 11) is -3.36. The highest BCUT2D eigenvalue weighted by atomic mass is 32.2. The van der Waals surface area contributed by atoms with E-state index in [1.807, 2.05) is 24.8 Å². The van der Waals surface area contributed by atoms with Gasteiger partial charge in [0.1, 0.15) is 4.21 Å². The van der Waals surface area contributed by atoms with Gasteiger partial charge < -0.3 is 5.32 Å². The number of hydrogen-bond donors (Lipinski definition) is 2. The van der Waals surface area contributed by atoms with Crippen LogP contribution < -0.4 is 10.0 Å². The zero-order valence-corrected chi connectivity index (χ0v) is 15.0. The fourth-order valence-electron chi connectivity index (χ4n) is 2.59. The first-order chi connectivity index (χ1) is 10.0. The first-order valence-electron chi connectivity index (χ1n) is 7.39. The van der Waals surface area contributed by atoms with Crippen molar-refractivity contribution in [1.29, 1.82) is 0 Å². The predicted molar refractivity (Wildman–Crippen MR) is 91.6 cm³/mol. The van der Waals surface area contributed by atoms with Crippen molar-refractivity contribution in [2.75, 3.05) is 12.8 Å². The van der Waals surface area contributed by atoms with Gasteiger partial charge in [-0.25, -0.2) is 13.1 Å². The fraction of sp³-hybridized carbons (Fsp3) is 0.714. The molecule has 4 nitrogen and oxygen atoms in total. The van der Waals surface area contributed by atoms with E-state index >= 15 is 0 Å². The van der Waals surface area contributed by atoms with Crippen molar-refractivity contribution in [3.8, 4) is 0 Å². The van der Waals surface area contributed by atoms with E-state index in [1.165, 1.54) is 17.8 Å². The molecule has 1 aliphatic rings. The predicted octanol–water partition coefficient (Wildman–Crippen LogP) is 2.81. The van der Waals surface area contributed by atoms with Crippen LogP contribution in [0.1, 0.15) is 37.5 Å². The molecule has 2 N–H and O–H groups in total. The largest absolute Gasteiger partial charge is 0.312 e. The molecule has 0 aromatic carbocycles. The van der Waals surface area contributed by atoms with Gasteiger partial charge in [-0.15, -0.1) is 11.3 Å². The van der Waals surface area contributed by atoms with Crippen molar-refractivity contribution >= 4 is 33.1 Å². The Bertz CT molecular complexity index is 542. The Morgan fingerprint density at radius 1 is 1.38 bits per heavy atom. The first kappa shape index (κ1) is 17.3. The Morgan fingerprint density at radius 2 is 2.19 bits per heavy atom. The number of nitrogens with one attached hydrogen (secondary N) is 2. The molecule has 1 heterocycles. The van der Waals surface area contributed by atoms with Crippen LogP contribution in [0.25, 0.3) is 0 Å². The van der Waals surface area contributed by atoms with Crippen molar-refractivity contribution in [2.45, 2.75) is 54.7 Å². The summed E-state index contributed by atoms with van der Waals surface area (Å²) in [4.78, 5) is 1.06. The van der Waals surface area contributed by atoms with Crippen LogP contribution in [0.5, 0.6) is 0 Å². The lowest BCUT2D eigenvalue weighted by atomic mass is 9.96. The molecule has 7 heteroatoms. The summed E-state index contributed by atoms with van der Waals surface area (Å²) in [5, 5.41) is 3.80. The second kappa shape index (κ2) is 7.97. The smallest absolute Gasteiger partial charge is 0.250 e. The summed E-state index contributed by atoms with van der Waals surface area (Å²) in [6, 6.07) is 3.70. The minimum Gasteiger partial charge on any atom is -0.312 e. The maximum atomic E-state index is 12.5. The van der Waals surface area contributed by atoms with Gasteiger partial charge in [-0.3, -0.25) is 0 Å². The van der Waals surface area contributed by atoms with E-state index in [9.17, 15) is 8.42 Å². The van der Waals surface area contributed by atoms with Crippen molar-refractivity contribution in [3.05, 3.63) is 17.0 Å². The maximum absolute atomic E-state index is 12.5. The van der Waals surface area contributed by atoms with E-state index in [4.69, 9.17) is 0 Å². The molecule has 2 unspecified atom stereocenters. The minimum atomic E-state index is -3.36. The SMILES string of the molecule is CCNCc1ccc(S(=O)(=O)NC2CCCC(SC)C2)s1. The second-order valence-electron chi connectivity index (χ2n) is 5.34. The van der Waals surface area contributed by atoms with Gasteiger partial charge in [-0.1, -0.05) is 13.3 Å². The quantitative estimate of drug-likeness (QED) is 0.795. The highest BCUT2D eigenvalue weighted by molar-refractivity contribution is 7.99. The Hall–Kier alpha value is -0.0800. The molecule has 1 aromatic rings.